The molecular formula is C29H28N2O2S. The number of nitrogens with zero attached hydrogens (tertiary/aromatic N) is 2. The zero-order valence-corrected chi connectivity index (χ0v) is 20.2. The Morgan fingerprint density at radius 1 is 1.03 bits per heavy atom. The molecule has 0 radical (unpaired) electrons. The number of rotatable bonds is 4. The van der Waals surface area contributed by atoms with Crippen LogP contribution in [0.4, 0.5) is 4.79 Å². The molecule has 1 aliphatic heterocycles. The lowest BCUT2D eigenvalue weighted by molar-refractivity contribution is 0.0728. The van der Waals surface area contributed by atoms with Gasteiger partial charge in [-0.3, -0.25) is 4.90 Å². The number of fused-ring (bicyclic) bond motifs is 3. The van der Waals surface area contributed by atoms with Crippen molar-refractivity contribution in [1.82, 2.24) is 9.80 Å². The molecule has 3 aromatic rings. The second-order valence-corrected chi connectivity index (χ2v) is 9.47. The number of benzene rings is 3. The van der Waals surface area contributed by atoms with E-state index in [-0.39, 0.29) is 12.0 Å². The molecule has 0 atom stereocenters. The second kappa shape index (κ2) is 9.58. The maximum absolute atomic E-state index is 12.9. The molecule has 5 heteroatoms. The molecule has 1 fully saturated rings. The fraction of sp³-hybridized carbons (Fsp3) is 0.276. The summed E-state index contributed by atoms with van der Waals surface area (Å²) in [7, 11) is 0. The van der Waals surface area contributed by atoms with Gasteiger partial charge in [0, 0.05) is 49.1 Å². The van der Waals surface area contributed by atoms with Gasteiger partial charge in [0.25, 0.3) is 0 Å². The van der Waals surface area contributed by atoms with Crippen LogP contribution < -0.4 is 0 Å². The van der Waals surface area contributed by atoms with Gasteiger partial charge in [0.1, 0.15) is 6.61 Å². The van der Waals surface area contributed by atoms with Crippen LogP contribution in [-0.4, -0.2) is 48.7 Å². The summed E-state index contributed by atoms with van der Waals surface area (Å²) in [4.78, 5) is 18.0. The number of thiol groups is 1. The third-order valence-corrected chi connectivity index (χ3v) is 7.48. The standard InChI is InChI=1S/C29H28N2O2S/c1-3-21-16-22(20(2)28(34)17-21)18-30-12-14-31(15-13-30)29(32)33-19-27-25-10-6-4-8-23(25)24-9-5-7-11-26(24)27/h1,4-11,16-17,27,34H,12-15,18-19H2,2H3. The molecule has 3 aromatic carbocycles. The van der Waals surface area contributed by atoms with Gasteiger partial charge in [0.05, 0.1) is 0 Å². The average Bonchev–Trinajstić information content (AvgIpc) is 3.19. The molecule has 1 heterocycles. The van der Waals surface area contributed by atoms with Crippen molar-refractivity contribution in [2.45, 2.75) is 24.3 Å². The lowest BCUT2D eigenvalue weighted by Gasteiger charge is -2.34. The summed E-state index contributed by atoms with van der Waals surface area (Å²) in [6, 6.07) is 20.8. The smallest absolute Gasteiger partial charge is 0.409 e. The van der Waals surface area contributed by atoms with Gasteiger partial charge in [0.15, 0.2) is 0 Å². The molecule has 4 nitrogen and oxygen atoms in total. The predicted octanol–water partition coefficient (Wildman–Crippen LogP) is 5.33. The topological polar surface area (TPSA) is 32.8 Å². The van der Waals surface area contributed by atoms with Crippen LogP contribution in [-0.2, 0) is 11.3 Å². The van der Waals surface area contributed by atoms with Crippen molar-refractivity contribution < 1.29 is 9.53 Å². The van der Waals surface area contributed by atoms with E-state index in [1.54, 1.807) is 0 Å². The van der Waals surface area contributed by atoms with Gasteiger partial charge in [-0.2, -0.15) is 0 Å². The number of terminal acetylenes is 1. The fourth-order valence-corrected chi connectivity index (χ4v) is 5.30. The Morgan fingerprint density at radius 3 is 2.26 bits per heavy atom. The Hall–Kier alpha value is -3.20. The molecule has 0 aromatic heterocycles. The minimum atomic E-state index is -0.232. The van der Waals surface area contributed by atoms with Gasteiger partial charge in [0.2, 0.25) is 0 Å². The largest absolute Gasteiger partial charge is 0.448 e. The van der Waals surface area contributed by atoms with Crippen LogP contribution >= 0.6 is 12.6 Å². The Morgan fingerprint density at radius 2 is 1.65 bits per heavy atom. The molecule has 2 aliphatic rings. The summed E-state index contributed by atoms with van der Waals surface area (Å²) in [5.41, 5.74) is 8.13. The SMILES string of the molecule is C#Cc1cc(S)c(C)c(CN2CCN(C(=O)OCC3c4ccccc4-c4ccccc43)CC2)c1. The van der Waals surface area contributed by atoms with Crippen molar-refractivity contribution in [3.05, 3.63) is 88.5 Å². The molecule has 172 valence electrons. The fourth-order valence-electron chi connectivity index (χ4n) is 5.02. The van der Waals surface area contributed by atoms with Crippen molar-refractivity contribution in [2.75, 3.05) is 32.8 Å². The van der Waals surface area contributed by atoms with Crippen LogP contribution in [0.5, 0.6) is 0 Å². The quantitative estimate of drug-likeness (QED) is 0.415. The molecule has 1 aliphatic carbocycles. The van der Waals surface area contributed by atoms with Crippen molar-refractivity contribution in [2.24, 2.45) is 0 Å². The van der Waals surface area contributed by atoms with E-state index in [9.17, 15) is 4.79 Å². The van der Waals surface area contributed by atoms with Crippen LogP contribution in [0.2, 0.25) is 0 Å². The van der Waals surface area contributed by atoms with Gasteiger partial charge < -0.3 is 9.64 Å². The number of hydrogen-bond acceptors (Lipinski definition) is 4. The lowest BCUT2D eigenvalue weighted by atomic mass is 9.98. The van der Waals surface area contributed by atoms with E-state index in [1.807, 2.05) is 11.0 Å². The molecular weight excluding hydrogens is 440 g/mol. The molecule has 34 heavy (non-hydrogen) atoms. The number of carbonyl (C=O) groups excluding carboxylic acids is 1. The summed E-state index contributed by atoms with van der Waals surface area (Å²) in [5, 5.41) is 0. The third kappa shape index (κ3) is 4.32. The van der Waals surface area contributed by atoms with Crippen LogP contribution in [0, 0.1) is 19.3 Å². The van der Waals surface area contributed by atoms with Crippen LogP contribution in [0.3, 0.4) is 0 Å². The summed E-state index contributed by atoms with van der Waals surface area (Å²) >= 11 is 4.56. The highest BCUT2D eigenvalue weighted by Crippen LogP contribution is 2.44. The maximum Gasteiger partial charge on any atom is 0.409 e. The highest BCUT2D eigenvalue weighted by molar-refractivity contribution is 7.80. The molecule has 5 rings (SSSR count). The van der Waals surface area contributed by atoms with E-state index in [1.165, 1.54) is 27.8 Å². The zero-order valence-electron chi connectivity index (χ0n) is 19.3. The number of amides is 1. The summed E-state index contributed by atoms with van der Waals surface area (Å²) < 4.78 is 5.83. The molecule has 0 spiro atoms. The highest BCUT2D eigenvalue weighted by Gasteiger charge is 2.30. The maximum atomic E-state index is 12.9. The molecule has 0 bridgehead atoms. The van der Waals surface area contributed by atoms with E-state index in [0.29, 0.717) is 19.7 Å². The van der Waals surface area contributed by atoms with Gasteiger partial charge in [-0.15, -0.1) is 19.1 Å². The van der Waals surface area contributed by atoms with Crippen LogP contribution in [0.25, 0.3) is 11.1 Å². The number of ether oxygens (including phenoxy) is 1. The van der Waals surface area contributed by atoms with E-state index in [2.05, 4.69) is 85.0 Å². The van der Waals surface area contributed by atoms with E-state index >= 15 is 0 Å². The average molecular weight is 469 g/mol. The summed E-state index contributed by atoms with van der Waals surface area (Å²) in [6.45, 7) is 6.13. The van der Waals surface area contributed by atoms with Crippen molar-refractivity contribution >= 4 is 18.7 Å². The first kappa shape index (κ1) is 22.6. The first-order valence-electron chi connectivity index (χ1n) is 11.7. The van der Waals surface area contributed by atoms with Gasteiger partial charge >= 0.3 is 6.09 Å². The van der Waals surface area contributed by atoms with Gasteiger partial charge in [-0.05, 0) is 52.4 Å². The van der Waals surface area contributed by atoms with E-state index in [0.717, 1.165) is 35.7 Å². The minimum Gasteiger partial charge on any atom is -0.448 e. The predicted molar refractivity (Wildman–Crippen MR) is 138 cm³/mol. The molecule has 0 N–H and O–H groups in total. The monoisotopic (exact) mass is 468 g/mol. The summed E-state index contributed by atoms with van der Waals surface area (Å²) in [6.07, 6.45) is 5.36. The highest BCUT2D eigenvalue weighted by atomic mass is 32.1. The zero-order chi connectivity index (χ0) is 23.7. The van der Waals surface area contributed by atoms with Gasteiger partial charge in [-0.25, -0.2) is 4.79 Å². The van der Waals surface area contributed by atoms with Crippen LogP contribution in [0.15, 0.2) is 65.6 Å². The Bertz CT molecular complexity index is 1230. The van der Waals surface area contributed by atoms with E-state index < -0.39 is 0 Å². The Balaban J connectivity index is 1.19. The molecule has 0 saturated carbocycles. The van der Waals surface area contributed by atoms with Crippen LogP contribution in [0.1, 0.15) is 33.7 Å². The van der Waals surface area contributed by atoms with Gasteiger partial charge in [-0.1, -0.05) is 54.5 Å². The lowest BCUT2D eigenvalue weighted by Crippen LogP contribution is -2.48. The minimum absolute atomic E-state index is 0.0828. The van der Waals surface area contributed by atoms with E-state index in [4.69, 9.17) is 11.2 Å². The van der Waals surface area contributed by atoms with Crippen molar-refractivity contribution in [3.8, 4) is 23.5 Å². The number of hydrogen-bond donors (Lipinski definition) is 1. The van der Waals surface area contributed by atoms with Crippen molar-refractivity contribution in [1.29, 1.82) is 0 Å². The molecule has 1 amide bonds. The number of piperazine rings is 1. The first-order chi connectivity index (χ1) is 16.5. The number of carbonyl (C=O) groups is 1. The second-order valence-electron chi connectivity index (χ2n) is 8.99. The molecule has 0 unspecified atom stereocenters. The third-order valence-electron chi connectivity index (χ3n) is 7.02. The summed E-state index contributed by atoms with van der Waals surface area (Å²) in [5.74, 6) is 2.79. The Kier molecular flexibility index (Phi) is 6.36. The normalized spacial score (nSPS) is 15.5. The molecule has 1 saturated heterocycles. The van der Waals surface area contributed by atoms with Crippen molar-refractivity contribution in [3.63, 3.8) is 0 Å². The first-order valence-corrected chi connectivity index (χ1v) is 12.1. The Labute approximate surface area is 206 Å².